The molecule has 2 N–H and O–H groups in total. The molecule has 2 aromatic carbocycles. The SMILES string of the molecule is O=C(NCC[C@@H](O)c1ccsc1)c1ccc(-c2ccccc2)cc1. The van der Waals surface area contributed by atoms with Crippen LogP contribution in [0.25, 0.3) is 11.1 Å². The van der Waals surface area contributed by atoms with Gasteiger partial charge in [-0.05, 0) is 52.1 Å². The lowest BCUT2D eigenvalue weighted by Gasteiger charge is -2.10. The summed E-state index contributed by atoms with van der Waals surface area (Å²) in [5, 5.41) is 16.7. The molecule has 4 heteroatoms. The van der Waals surface area contributed by atoms with Crippen LogP contribution < -0.4 is 5.32 Å². The largest absolute Gasteiger partial charge is 0.388 e. The van der Waals surface area contributed by atoms with Gasteiger partial charge >= 0.3 is 0 Å². The molecular formula is C20H19NO2S. The molecule has 3 nitrogen and oxygen atoms in total. The number of amides is 1. The fourth-order valence-corrected chi connectivity index (χ4v) is 3.21. The number of aliphatic hydroxyl groups excluding tert-OH is 1. The highest BCUT2D eigenvalue weighted by atomic mass is 32.1. The number of hydrogen-bond acceptors (Lipinski definition) is 3. The van der Waals surface area contributed by atoms with Crippen LogP contribution in [0.3, 0.4) is 0 Å². The summed E-state index contributed by atoms with van der Waals surface area (Å²) in [6, 6.07) is 19.5. The quantitative estimate of drug-likeness (QED) is 0.706. The van der Waals surface area contributed by atoms with Crippen molar-refractivity contribution >= 4 is 17.2 Å². The highest BCUT2D eigenvalue weighted by molar-refractivity contribution is 7.07. The Balaban J connectivity index is 1.54. The minimum atomic E-state index is -0.531. The smallest absolute Gasteiger partial charge is 0.251 e. The van der Waals surface area contributed by atoms with E-state index in [-0.39, 0.29) is 5.91 Å². The molecule has 0 aliphatic heterocycles. The Bertz CT molecular complexity index is 767. The molecule has 24 heavy (non-hydrogen) atoms. The van der Waals surface area contributed by atoms with Crippen molar-refractivity contribution in [1.82, 2.24) is 5.32 Å². The number of thiophene rings is 1. The van der Waals surface area contributed by atoms with E-state index in [0.29, 0.717) is 18.5 Å². The molecule has 0 aliphatic carbocycles. The lowest BCUT2D eigenvalue weighted by Crippen LogP contribution is -2.25. The van der Waals surface area contributed by atoms with Gasteiger partial charge in [0.05, 0.1) is 6.10 Å². The fraction of sp³-hybridized carbons (Fsp3) is 0.150. The van der Waals surface area contributed by atoms with Crippen molar-refractivity contribution in [1.29, 1.82) is 0 Å². The van der Waals surface area contributed by atoms with Gasteiger partial charge in [-0.25, -0.2) is 0 Å². The average Bonchev–Trinajstić information content (AvgIpc) is 3.17. The van der Waals surface area contributed by atoms with E-state index in [4.69, 9.17) is 0 Å². The van der Waals surface area contributed by atoms with E-state index in [9.17, 15) is 9.90 Å². The number of carbonyl (C=O) groups excluding carboxylic acids is 1. The molecular weight excluding hydrogens is 318 g/mol. The minimum Gasteiger partial charge on any atom is -0.388 e. The maximum atomic E-state index is 12.2. The first kappa shape index (κ1) is 16.4. The van der Waals surface area contributed by atoms with Crippen LogP contribution in [0.15, 0.2) is 71.4 Å². The van der Waals surface area contributed by atoms with Crippen molar-refractivity contribution in [3.63, 3.8) is 0 Å². The van der Waals surface area contributed by atoms with Gasteiger partial charge in [0.15, 0.2) is 0 Å². The third-order valence-corrected chi connectivity index (χ3v) is 4.59. The molecule has 0 aliphatic rings. The van der Waals surface area contributed by atoms with Gasteiger partial charge in [0.1, 0.15) is 0 Å². The number of aliphatic hydroxyl groups is 1. The number of carbonyl (C=O) groups is 1. The molecule has 0 saturated carbocycles. The van der Waals surface area contributed by atoms with Crippen LogP contribution in [-0.2, 0) is 0 Å². The van der Waals surface area contributed by atoms with Gasteiger partial charge in [0.2, 0.25) is 0 Å². The molecule has 122 valence electrons. The maximum absolute atomic E-state index is 12.2. The predicted octanol–water partition coefficient (Wildman–Crippen LogP) is 4.27. The van der Waals surface area contributed by atoms with E-state index in [1.807, 2.05) is 71.4 Å². The molecule has 1 atom stereocenters. The van der Waals surface area contributed by atoms with Gasteiger partial charge in [-0.1, -0.05) is 42.5 Å². The number of nitrogens with one attached hydrogen (secondary N) is 1. The van der Waals surface area contributed by atoms with E-state index < -0.39 is 6.10 Å². The van der Waals surface area contributed by atoms with Gasteiger partial charge < -0.3 is 10.4 Å². The van der Waals surface area contributed by atoms with Gasteiger partial charge in [-0.2, -0.15) is 11.3 Å². The first-order valence-corrected chi connectivity index (χ1v) is 8.82. The lowest BCUT2D eigenvalue weighted by atomic mass is 10.0. The predicted molar refractivity (Wildman–Crippen MR) is 98.1 cm³/mol. The summed E-state index contributed by atoms with van der Waals surface area (Å²) >= 11 is 1.56. The van der Waals surface area contributed by atoms with Crippen molar-refractivity contribution in [3.8, 4) is 11.1 Å². The zero-order chi connectivity index (χ0) is 16.8. The van der Waals surface area contributed by atoms with Crippen LogP contribution in [0.4, 0.5) is 0 Å². The highest BCUT2D eigenvalue weighted by Gasteiger charge is 2.10. The third kappa shape index (κ3) is 4.10. The van der Waals surface area contributed by atoms with Crippen LogP contribution in [0.5, 0.6) is 0 Å². The van der Waals surface area contributed by atoms with Crippen molar-refractivity contribution in [2.24, 2.45) is 0 Å². The van der Waals surface area contributed by atoms with E-state index in [1.165, 1.54) is 0 Å². The molecule has 0 fully saturated rings. The molecule has 0 bridgehead atoms. The molecule has 0 spiro atoms. The zero-order valence-electron chi connectivity index (χ0n) is 13.2. The topological polar surface area (TPSA) is 49.3 Å². The molecule has 1 aromatic heterocycles. The summed E-state index contributed by atoms with van der Waals surface area (Å²) in [6.07, 6.45) is -0.0260. The molecule has 0 unspecified atom stereocenters. The third-order valence-electron chi connectivity index (χ3n) is 3.89. The minimum absolute atomic E-state index is 0.118. The first-order valence-electron chi connectivity index (χ1n) is 7.88. The highest BCUT2D eigenvalue weighted by Crippen LogP contribution is 2.20. The monoisotopic (exact) mass is 337 g/mol. The molecule has 1 amide bonds. The van der Waals surface area contributed by atoms with Gasteiger partial charge in [-0.3, -0.25) is 4.79 Å². The summed E-state index contributed by atoms with van der Waals surface area (Å²) in [5.74, 6) is -0.118. The second-order valence-electron chi connectivity index (χ2n) is 5.56. The molecule has 0 saturated heterocycles. The van der Waals surface area contributed by atoms with Crippen LogP contribution in [0, 0.1) is 0 Å². The number of benzene rings is 2. The fourth-order valence-electron chi connectivity index (χ4n) is 2.50. The molecule has 0 radical (unpaired) electrons. The Hall–Kier alpha value is -2.43. The van der Waals surface area contributed by atoms with Crippen molar-refractivity contribution in [2.45, 2.75) is 12.5 Å². The Labute approximate surface area is 145 Å². The summed E-state index contributed by atoms with van der Waals surface area (Å²) in [6.45, 7) is 0.441. The average molecular weight is 337 g/mol. The van der Waals surface area contributed by atoms with Crippen molar-refractivity contribution in [3.05, 3.63) is 82.6 Å². The molecule has 3 aromatic rings. The Morgan fingerprint density at radius 2 is 1.71 bits per heavy atom. The van der Waals surface area contributed by atoms with Crippen molar-refractivity contribution in [2.75, 3.05) is 6.54 Å². The Kier molecular flexibility index (Phi) is 5.41. The van der Waals surface area contributed by atoms with E-state index in [2.05, 4.69) is 5.32 Å². The summed E-state index contributed by atoms with van der Waals surface area (Å²) in [4.78, 5) is 12.2. The van der Waals surface area contributed by atoms with E-state index >= 15 is 0 Å². The van der Waals surface area contributed by atoms with Crippen LogP contribution in [0.1, 0.15) is 28.4 Å². The lowest BCUT2D eigenvalue weighted by molar-refractivity contribution is 0.0942. The Morgan fingerprint density at radius 3 is 2.38 bits per heavy atom. The van der Waals surface area contributed by atoms with Crippen molar-refractivity contribution < 1.29 is 9.90 Å². The number of rotatable bonds is 6. The maximum Gasteiger partial charge on any atom is 0.251 e. The summed E-state index contributed by atoms with van der Waals surface area (Å²) in [5.41, 5.74) is 3.74. The van der Waals surface area contributed by atoms with E-state index in [1.54, 1.807) is 11.3 Å². The summed E-state index contributed by atoms with van der Waals surface area (Å²) < 4.78 is 0. The van der Waals surface area contributed by atoms with Gasteiger partial charge in [0, 0.05) is 12.1 Å². The second-order valence-corrected chi connectivity index (χ2v) is 6.34. The standard InChI is InChI=1S/C20H19NO2S/c22-19(18-11-13-24-14-18)10-12-21-20(23)17-8-6-16(7-9-17)15-4-2-1-3-5-15/h1-9,11,13-14,19,22H,10,12H2,(H,21,23)/t19-/m1/s1. The molecule has 1 heterocycles. The second kappa shape index (κ2) is 7.90. The van der Waals surface area contributed by atoms with Crippen LogP contribution >= 0.6 is 11.3 Å². The van der Waals surface area contributed by atoms with Crippen LogP contribution in [0.2, 0.25) is 0 Å². The molecule has 3 rings (SSSR count). The van der Waals surface area contributed by atoms with Crippen LogP contribution in [-0.4, -0.2) is 17.6 Å². The van der Waals surface area contributed by atoms with Gasteiger partial charge in [0.25, 0.3) is 5.91 Å². The summed E-state index contributed by atoms with van der Waals surface area (Å²) in [7, 11) is 0. The normalized spacial score (nSPS) is 11.9. The Morgan fingerprint density at radius 1 is 1.00 bits per heavy atom. The number of hydrogen-bond donors (Lipinski definition) is 2. The zero-order valence-corrected chi connectivity index (χ0v) is 14.0. The van der Waals surface area contributed by atoms with E-state index in [0.717, 1.165) is 16.7 Å². The first-order chi connectivity index (χ1) is 11.7. The van der Waals surface area contributed by atoms with Gasteiger partial charge in [-0.15, -0.1) is 0 Å².